The zero-order valence-electron chi connectivity index (χ0n) is 13.6. The third kappa shape index (κ3) is 4.64. The molecule has 23 heavy (non-hydrogen) atoms. The van der Waals surface area contributed by atoms with Crippen LogP contribution in [0.4, 0.5) is 0 Å². The van der Waals surface area contributed by atoms with E-state index in [1.807, 2.05) is 0 Å². The average Bonchev–Trinajstić information content (AvgIpc) is 2.90. The Bertz CT molecular complexity index is 671. The number of Topliss-reactive ketones (excluding diaryl/α,β-unsaturated/α-hetero) is 1. The first-order valence-corrected chi connectivity index (χ1v) is 8.86. The predicted molar refractivity (Wildman–Crippen MR) is 93.1 cm³/mol. The summed E-state index contributed by atoms with van der Waals surface area (Å²) in [6, 6.07) is -0.284. The Morgan fingerprint density at radius 1 is 1.17 bits per heavy atom. The Kier molecular flexibility index (Phi) is 6.78. The molecular weight excluding hydrogens is 335 g/mol. The Labute approximate surface area is 146 Å². The SMILES string of the molecule is CCCCCCCCC(C(C)=O)n1cnc2c(Cl)nc(Cl)nc21. The van der Waals surface area contributed by atoms with Crippen molar-refractivity contribution in [3.05, 3.63) is 16.8 Å². The number of rotatable bonds is 9. The summed E-state index contributed by atoms with van der Waals surface area (Å²) >= 11 is 11.9. The van der Waals surface area contributed by atoms with Gasteiger partial charge >= 0.3 is 0 Å². The minimum Gasteiger partial charge on any atom is -0.304 e. The molecule has 0 aromatic carbocycles. The quantitative estimate of drug-likeness (QED) is 0.359. The number of halogens is 2. The lowest BCUT2D eigenvalue weighted by Crippen LogP contribution is -2.17. The zero-order chi connectivity index (χ0) is 16.8. The van der Waals surface area contributed by atoms with Gasteiger partial charge in [0.15, 0.2) is 16.6 Å². The number of ketones is 1. The van der Waals surface area contributed by atoms with Gasteiger partial charge in [0.2, 0.25) is 5.28 Å². The van der Waals surface area contributed by atoms with E-state index in [0.717, 1.165) is 19.3 Å². The molecule has 0 aliphatic heterocycles. The summed E-state index contributed by atoms with van der Waals surface area (Å²) in [6.45, 7) is 3.80. The molecule has 2 rings (SSSR count). The van der Waals surface area contributed by atoms with Crippen LogP contribution in [-0.2, 0) is 4.79 Å². The fourth-order valence-electron chi connectivity index (χ4n) is 2.74. The number of nitrogens with zero attached hydrogens (tertiary/aromatic N) is 4. The second-order valence-corrected chi connectivity index (χ2v) is 6.49. The molecule has 0 bridgehead atoms. The lowest BCUT2D eigenvalue weighted by molar-refractivity contribution is -0.120. The van der Waals surface area contributed by atoms with E-state index in [0.29, 0.717) is 11.2 Å². The van der Waals surface area contributed by atoms with Gasteiger partial charge < -0.3 is 4.57 Å². The molecule has 0 saturated heterocycles. The summed E-state index contributed by atoms with van der Waals surface area (Å²) in [6.07, 6.45) is 9.48. The molecule has 0 fully saturated rings. The van der Waals surface area contributed by atoms with Gasteiger partial charge in [-0.2, -0.15) is 4.98 Å². The molecule has 1 atom stereocenters. The van der Waals surface area contributed by atoms with E-state index in [9.17, 15) is 4.79 Å². The van der Waals surface area contributed by atoms with E-state index >= 15 is 0 Å². The Balaban J connectivity index is 2.11. The molecule has 0 spiro atoms. The monoisotopic (exact) mass is 356 g/mol. The first-order chi connectivity index (χ1) is 11.0. The highest BCUT2D eigenvalue weighted by atomic mass is 35.5. The van der Waals surface area contributed by atoms with Crippen LogP contribution in [-0.4, -0.2) is 25.3 Å². The standard InChI is InChI=1S/C16H22Cl2N4O/c1-3-4-5-6-7-8-9-12(11(2)23)22-10-19-13-14(17)20-16(18)21-15(13)22/h10,12H,3-9H2,1-2H3. The van der Waals surface area contributed by atoms with E-state index in [2.05, 4.69) is 21.9 Å². The molecule has 2 aromatic rings. The van der Waals surface area contributed by atoms with Gasteiger partial charge in [-0.05, 0) is 24.9 Å². The van der Waals surface area contributed by atoms with Crippen LogP contribution in [0.25, 0.3) is 11.2 Å². The maximum atomic E-state index is 12.1. The summed E-state index contributed by atoms with van der Waals surface area (Å²) in [4.78, 5) is 24.4. The molecule has 0 amide bonds. The van der Waals surface area contributed by atoms with E-state index in [1.165, 1.54) is 25.7 Å². The van der Waals surface area contributed by atoms with Crippen molar-refractivity contribution in [2.45, 2.75) is 64.8 Å². The van der Waals surface area contributed by atoms with Crippen LogP contribution in [0.15, 0.2) is 6.33 Å². The number of imidazole rings is 1. The molecule has 0 aliphatic rings. The predicted octanol–water partition coefficient (Wildman–Crippen LogP) is 5.01. The lowest BCUT2D eigenvalue weighted by Gasteiger charge is -2.16. The second-order valence-electron chi connectivity index (χ2n) is 5.79. The highest BCUT2D eigenvalue weighted by molar-refractivity contribution is 6.35. The van der Waals surface area contributed by atoms with Crippen molar-refractivity contribution < 1.29 is 4.79 Å². The zero-order valence-corrected chi connectivity index (χ0v) is 15.1. The summed E-state index contributed by atoms with van der Waals surface area (Å²) in [5, 5.41) is 0.270. The molecule has 126 valence electrons. The van der Waals surface area contributed by atoms with Gasteiger partial charge in [0.05, 0.1) is 12.4 Å². The minimum absolute atomic E-state index is 0.0612. The smallest absolute Gasteiger partial charge is 0.225 e. The van der Waals surface area contributed by atoms with E-state index in [4.69, 9.17) is 23.2 Å². The van der Waals surface area contributed by atoms with Crippen LogP contribution < -0.4 is 0 Å². The summed E-state index contributed by atoms with van der Waals surface area (Å²) in [7, 11) is 0. The molecule has 5 nitrogen and oxygen atoms in total. The van der Waals surface area contributed by atoms with Gasteiger partial charge in [-0.15, -0.1) is 0 Å². The third-order valence-electron chi connectivity index (χ3n) is 3.99. The summed E-state index contributed by atoms with van der Waals surface area (Å²) in [5.74, 6) is 0.0868. The fraction of sp³-hybridized carbons (Fsp3) is 0.625. The number of hydrogen-bond donors (Lipinski definition) is 0. The molecule has 0 saturated carbocycles. The van der Waals surface area contributed by atoms with Crippen molar-refractivity contribution in [2.24, 2.45) is 0 Å². The van der Waals surface area contributed by atoms with E-state index in [-0.39, 0.29) is 22.3 Å². The highest BCUT2D eigenvalue weighted by Crippen LogP contribution is 2.26. The van der Waals surface area contributed by atoms with Gasteiger partial charge in [0.25, 0.3) is 0 Å². The van der Waals surface area contributed by atoms with Crippen molar-refractivity contribution in [3.8, 4) is 0 Å². The van der Waals surface area contributed by atoms with Crippen molar-refractivity contribution in [2.75, 3.05) is 0 Å². The van der Waals surface area contributed by atoms with E-state index in [1.54, 1.807) is 17.8 Å². The van der Waals surface area contributed by atoms with Crippen molar-refractivity contribution in [3.63, 3.8) is 0 Å². The topological polar surface area (TPSA) is 60.7 Å². The molecule has 1 unspecified atom stereocenters. The van der Waals surface area contributed by atoms with Crippen LogP contribution in [0.2, 0.25) is 10.4 Å². The summed E-state index contributed by atoms with van der Waals surface area (Å²) < 4.78 is 1.77. The largest absolute Gasteiger partial charge is 0.304 e. The van der Waals surface area contributed by atoms with Crippen molar-refractivity contribution in [1.82, 2.24) is 19.5 Å². The second kappa shape index (κ2) is 8.60. The van der Waals surface area contributed by atoms with Crippen LogP contribution in [0.3, 0.4) is 0 Å². The van der Waals surface area contributed by atoms with Crippen LogP contribution in [0.5, 0.6) is 0 Å². The third-order valence-corrected chi connectivity index (χ3v) is 4.42. The Morgan fingerprint density at radius 2 is 1.87 bits per heavy atom. The number of fused-ring (bicyclic) bond motifs is 1. The van der Waals surface area contributed by atoms with Gasteiger partial charge in [0.1, 0.15) is 5.52 Å². The molecule has 0 N–H and O–H groups in total. The van der Waals surface area contributed by atoms with E-state index < -0.39 is 0 Å². The normalized spacial score (nSPS) is 12.7. The molecule has 2 aromatic heterocycles. The molecule has 0 radical (unpaired) electrons. The average molecular weight is 357 g/mol. The first-order valence-electron chi connectivity index (χ1n) is 8.10. The minimum atomic E-state index is -0.284. The summed E-state index contributed by atoms with van der Waals surface area (Å²) in [5.41, 5.74) is 0.992. The van der Waals surface area contributed by atoms with Crippen molar-refractivity contribution >= 4 is 40.1 Å². The lowest BCUT2D eigenvalue weighted by atomic mass is 10.0. The van der Waals surface area contributed by atoms with Gasteiger partial charge in [0, 0.05) is 0 Å². The maximum Gasteiger partial charge on any atom is 0.225 e. The fourth-order valence-corrected chi connectivity index (χ4v) is 3.16. The first kappa shape index (κ1) is 18.1. The molecule has 7 heteroatoms. The number of carbonyl (C=O) groups excluding carboxylic acids is 1. The molecular formula is C16H22Cl2N4O. The van der Waals surface area contributed by atoms with Crippen LogP contribution in [0.1, 0.15) is 64.8 Å². The van der Waals surface area contributed by atoms with Gasteiger partial charge in [-0.1, -0.05) is 57.0 Å². The molecule has 2 heterocycles. The van der Waals surface area contributed by atoms with Gasteiger partial charge in [-0.3, -0.25) is 4.79 Å². The Hall–Kier alpha value is -1.20. The van der Waals surface area contributed by atoms with Crippen LogP contribution >= 0.6 is 23.2 Å². The highest BCUT2D eigenvalue weighted by Gasteiger charge is 2.21. The Morgan fingerprint density at radius 3 is 2.57 bits per heavy atom. The number of unbranched alkanes of at least 4 members (excludes halogenated alkanes) is 5. The van der Waals surface area contributed by atoms with Crippen LogP contribution in [0, 0.1) is 0 Å². The van der Waals surface area contributed by atoms with Gasteiger partial charge in [-0.25, -0.2) is 9.97 Å². The molecule has 0 aliphatic carbocycles. The maximum absolute atomic E-state index is 12.1. The van der Waals surface area contributed by atoms with Crippen molar-refractivity contribution in [1.29, 1.82) is 0 Å². The number of aromatic nitrogens is 4. The number of hydrogen-bond acceptors (Lipinski definition) is 4. The number of carbonyl (C=O) groups is 1.